The van der Waals surface area contributed by atoms with Crippen LogP contribution < -0.4 is 0 Å². The summed E-state index contributed by atoms with van der Waals surface area (Å²) in [7, 11) is 0. The SMILES string of the molecule is [CH2]CCCc1cnc(CC)cn1. The minimum absolute atomic E-state index is 0.961. The third kappa shape index (κ3) is 2.61. The fourth-order valence-corrected chi connectivity index (χ4v) is 0.999. The molecule has 0 spiro atoms. The molecule has 0 fully saturated rings. The van der Waals surface area contributed by atoms with Crippen molar-refractivity contribution in [3.05, 3.63) is 30.7 Å². The van der Waals surface area contributed by atoms with E-state index in [0.29, 0.717) is 0 Å². The molecule has 1 aromatic rings. The second-order valence-corrected chi connectivity index (χ2v) is 2.81. The van der Waals surface area contributed by atoms with Crippen molar-refractivity contribution in [3.63, 3.8) is 0 Å². The molecule has 1 radical (unpaired) electrons. The van der Waals surface area contributed by atoms with Crippen LogP contribution in [-0.2, 0) is 12.8 Å². The quantitative estimate of drug-likeness (QED) is 0.680. The lowest BCUT2D eigenvalue weighted by Crippen LogP contribution is -1.94. The van der Waals surface area contributed by atoms with Crippen molar-refractivity contribution in [2.45, 2.75) is 32.6 Å². The molecule has 0 aromatic carbocycles. The molecule has 0 saturated heterocycles. The van der Waals surface area contributed by atoms with Gasteiger partial charge in [-0.3, -0.25) is 9.97 Å². The molecule has 0 aliphatic rings. The molecule has 2 heteroatoms. The number of aromatic nitrogens is 2. The van der Waals surface area contributed by atoms with Crippen LogP contribution in [0.1, 0.15) is 31.2 Å². The maximum Gasteiger partial charge on any atom is 0.0586 e. The monoisotopic (exact) mass is 163 g/mol. The summed E-state index contributed by atoms with van der Waals surface area (Å²) >= 11 is 0. The first-order valence-corrected chi connectivity index (χ1v) is 4.46. The van der Waals surface area contributed by atoms with Gasteiger partial charge in [-0.25, -0.2) is 0 Å². The molecular formula is C10H15N2. The zero-order chi connectivity index (χ0) is 8.81. The lowest BCUT2D eigenvalue weighted by molar-refractivity contribution is 0.802. The minimum Gasteiger partial charge on any atom is -0.258 e. The molecule has 65 valence electrons. The van der Waals surface area contributed by atoms with E-state index in [0.717, 1.165) is 37.1 Å². The summed E-state index contributed by atoms with van der Waals surface area (Å²) in [5, 5.41) is 0. The second-order valence-electron chi connectivity index (χ2n) is 2.81. The van der Waals surface area contributed by atoms with Gasteiger partial charge < -0.3 is 0 Å². The molecule has 0 amide bonds. The van der Waals surface area contributed by atoms with Gasteiger partial charge in [-0.05, 0) is 19.3 Å². The van der Waals surface area contributed by atoms with Gasteiger partial charge in [-0.1, -0.05) is 20.3 Å². The fourth-order valence-electron chi connectivity index (χ4n) is 0.999. The summed E-state index contributed by atoms with van der Waals surface area (Å²) in [5.41, 5.74) is 2.14. The van der Waals surface area contributed by atoms with Crippen LogP contribution in [0.15, 0.2) is 12.4 Å². The van der Waals surface area contributed by atoms with Gasteiger partial charge in [0.1, 0.15) is 0 Å². The van der Waals surface area contributed by atoms with Crippen molar-refractivity contribution in [2.75, 3.05) is 0 Å². The van der Waals surface area contributed by atoms with Crippen LogP contribution in [0, 0.1) is 6.92 Å². The highest BCUT2D eigenvalue weighted by Gasteiger charge is 1.94. The smallest absolute Gasteiger partial charge is 0.0586 e. The van der Waals surface area contributed by atoms with Crippen molar-refractivity contribution in [2.24, 2.45) is 0 Å². The Morgan fingerprint density at radius 1 is 1.25 bits per heavy atom. The van der Waals surface area contributed by atoms with E-state index in [1.54, 1.807) is 0 Å². The van der Waals surface area contributed by atoms with Crippen molar-refractivity contribution < 1.29 is 0 Å². The van der Waals surface area contributed by atoms with Crippen molar-refractivity contribution >= 4 is 0 Å². The average molecular weight is 163 g/mol. The first-order valence-electron chi connectivity index (χ1n) is 4.46. The Bertz CT molecular complexity index is 216. The molecule has 1 heterocycles. The molecular weight excluding hydrogens is 148 g/mol. The highest BCUT2D eigenvalue weighted by atomic mass is 14.8. The van der Waals surface area contributed by atoms with Crippen LogP contribution in [-0.4, -0.2) is 9.97 Å². The molecule has 1 rings (SSSR count). The second kappa shape index (κ2) is 4.86. The Balaban J connectivity index is 2.53. The fraction of sp³-hybridized carbons (Fsp3) is 0.500. The molecule has 0 unspecified atom stereocenters. The van der Waals surface area contributed by atoms with Gasteiger partial charge in [-0.2, -0.15) is 0 Å². The molecule has 0 aliphatic heterocycles. The van der Waals surface area contributed by atoms with Gasteiger partial charge in [0.05, 0.1) is 11.4 Å². The van der Waals surface area contributed by atoms with E-state index in [1.165, 1.54) is 0 Å². The van der Waals surface area contributed by atoms with E-state index < -0.39 is 0 Å². The first-order chi connectivity index (χ1) is 5.86. The maximum atomic E-state index is 4.30. The largest absolute Gasteiger partial charge is 0.258 e. The van der Waals surface area contributed by atoms with Gasteiger partial charge in [-0.15, -0.1) is 0 Å². The zero-order valence-electron chi connectivity index (χ0n) is 7.58. The minimum atomic E-state index is 0.961. The topological polar surface area (TPSA) is 25.8 Å². The van der Waals surface area contributed by atoms with Gasteiger partial charge in [0.25, 0.3) is 0 Å². The van der Waals surface area contributed by atoms with Crippen molar-refractivity contribution in [3.8, 4) is 0 Å². The number of rotatable bonds is 4. The Kier molecular flexibility index (Phi) is 3.71. The summed E-state index contributed by atoms with van der Waals surface area (Å²) < 4.78 is 0. The number of nitrogens with zero attached hydrogens (tertiary/aromatic N) is 2. The van der Waals surface area contributed by atoms with Gasteiger partial charge >= 0.3 is 0 Å². The maximum absolute atomic E-state index is 4.30. The molecule has 0 saturated carbocycles. The van der Waals surface area contributed by atoms with Crippen LogP contribution in [0.3, 0.4) is 0 Å². The first kappa shape index (κ1) is 9.17. The Hall–Kier alpha value is -0.920. The number of unbranched alkanes of at least 4 members (excludes halogenated alkanes) is 1. The molecule has 1 aromatic heterocycles. The van der Waals surface area contributed by atoms with Crippen LogP contribution in [0.2, 0.25) is 0 Å². The third-order valence-electron chi connectivity index (χ3n) is 1.80. The van der Waals surface area contributed by atoms with E-state index in [4.69, 9.17) is 0 Å². The molecule has 2 nitrogen and oxygen atoms in total. The summed E-state index contributed by atoms with van der Waals surface area (Å²) in [6, 6.07) is 0. The Morgan fingerprint density at radius 2 is 1.92 bits per heavy atom. The number of hydrogen-bond donors (Lipinski definition) is 0. The van der Waals surface area contributed by atoms with Gasteiger partial charge in [0.2, 0.25) is 0 Å². The highest BCUT2D eigenvalue weighted by Crippen LogP contribution is 2.00. The van der Waals surface area contributed by atoms with Crippen LogP contribution in [0.25, 0.3) is 0 Å². The highest BCUT2D eigenvalue weighted by molar-refractivity contribution is 5.02. The zero-order valence-corrected chi connectivity index (χ0v) is 7.58. The number of hydrogen-bond acceptors (Lipinski definition) is 2. The summed E-state index contributed by atoms with van der Waals surface area (Å²) in [4.78, 5) is 8.56. The molecule has 0 atom stereocenters. The molecule has 12 heavy (non-hydrogen) atoms. The van der Waals surface area contributed by atoms with Gasteiger partial charge in [0, 0.05) is 12.4 Å². The normalized spacial score (nSPS) is 10.2. The van der Waals surface area contributed by atoms with E-state index in [-0.39, 0.29) is 0 Å². The summed E-state index contributed by atoms with van der Waals surface area (Å²) in [6.45, 7) is 5.87. The van der Waals surface area contributed by atoms with E-state index in [2.05, 4.69) is 23.8 Å². The van der Waals surface area contributed by atoms with E-state index in [1.807, 2.05) is 12.4 Å². The van der Waals surface area contributed by atoms with Crippen LogP contribution in [0.4, 0.5) is 0 Å². The van der Waals surface area contributed by atoms with Gasteiger partial charge in [0.15, 0.2) is 0 Å². The summed E-state index contributed by atoms with van der Waals surface area (Å²) in [6.07, 6.45) is 7.76. The molecule has 0 aliphatic carbocycles. The lowest BCUT2D eigenvalue weighted by atomic mass is 10.2. The average Bonchev–Trinajstić information content (AvgIpc) is 2.15. The Labute approximate surface area is 74.1 Å². The molecule has 0 bridgehead atoms. The Morgan fingerprint density at radius 3 is 2.42 bits per heavy atom. The third-order valence-corrected chi connectivity index (χ3v) is 1.80. The van der Waals surface area contributed by atoms with E-state index in [9.17, 15) is 0 Å². The van der Waals surface area contributed by atoms with Crippen molar-refractivity contribution in [1.29, 1.82) is 0 Å². The standard InChI is InChI=1S/C10H15N2/c1-3-5-6-10-8-11-9(4-2)7-12-10/h7-8H,1,3-6H2,2H3. The predicted octanol–water partition coefficient (Wildman–Crippen LogP) is 2.20. The van der Waals surface area contributed by atoms with Crippen LogP contribution >= 0.6 is 0 Å². The molecule has 0 N–H and O–H groups in total. The number of aryl methyl sites for hydroxylation is 2. The predicted molar refractivity (Wildman–Crippen MR) is 49.7 cm³/mol. The summed E-state index contributed by atoms with van der Waals surface area (Å²) in [5.74, 6) is 0. The lowest BCUT2D eigenvalue weighted by Gasteiger charge is -1.98. The van der Waals surface area contributed by atoms with Crippen molar-refractivity contribution in [1.82, 2.24) is 9.97 Å². The van der Waals surface area contributed by atoms with E-state index >= 15 is 0 Å². The van der Waals surface area contributed by atoms with Crippen LogP contribution in [0.5, 0.6) is 0 Å².